The van der Waals surface area contributed by atoms with Gasteiger partial charge in [-0.2, -0.15) is 0 Å². The number of hydrogen-bond donors (Lipinski definition) is 1. The summed E-state index contributed by atoms with van der Waals surface area (Å²) in [5, 5.41) is 4.05. The molecule has 3 aromatic rings. The minimum atomic E-state index is -3.66. The first-order valence-corrected chi connectivity index (χ1v) is 10.9. The Morgan fingerprint density at radius 3 is 2.69 bits per heavy atom. The van der Waals surface area contributed by atoms with Crippen LogP contribution in [0.5, 0.6) is 0 Å². The van der Waals surface area contributed by atoms with Crippen LogP contribution < -0.4 is 5.32 Å². The number of piperazine rings is 1. The van der Waals surface area contributed by atoms with Crippen LogP contribution in [0, 0.1) is 0 Å². The Balaban J connectivity index is 1.64. The number of nitrogens with zero attached hydrogens (tertiary/aromatic N) is 2. The number of rotatable bonds is 5. The van der Waals surface area contributed by atoms with Crippen molar-refractivity contribution >= 4 is 26.9 Å². The summed E-state index contributed by atoms with van der Waals surface area (Å²) in [6, 6.07) is 15.6. The Hall–Kier alpha value is -2.68. The Morgan fingerprint density at radius 2 is 1.93 bits per heavy atom. The van der Waals surface area contributed by atoms with Gasteiger partial charge < -0.3 is 10.1 Å². The van der Waals surface area contributed by atoms with Gasteiger partial charge in [-0.1, -0.05) is 30.3 Å². The van der Waals surface area contributed by atoms with Gasteiger partial charge in [0.05, 0.1) is 17.5 Å². The van der Waals surface area contributed by atoms with E-state index in [9.17, 15) is 13.2 Å². The van der Waals surface area contributed by atoms with Crippen LogP contribution in [0.25, 0.3) is 10.9 Å². The quantitative estimate of drug-likeness (QED) is 0.643. The van der Waals surface area contributed by atoms with Crippen molar-refractivity contribution < 1.29 is 17.9 Å². The molecule has 0 amide bonds. The van der Waals surface area contributed by atoms with Crippen LogP contribution >= 0.6 is 0 Å². The predicted octanol–water partition coefficient (Wildman–Crippen LogP) is 1.83. The fourth-order valence-corrected chi connectivity index (χ4v) is 5.12. The number of carbonyl (C=O) groups excluding carboxylic acids is 1. The van der Waals surface area contributed by atoms with Crippen molar-refractivity contribution in [2.75, 3.05) is 26.7 Å². The highest BCUT2D eigenvalue weighted by atomic mass is 32.2. The van der Waals surface area contributed by atoms with Gasteiger partial charge >= 0.3 is 5.97 Å². The van der Waals surface area contributed by atoms with Crippen LogP contribution in [0.15, 0.2) is 65.7 Å². The molecule has 1 fully saturated rings. The molecule has 1 aliphatic heterocycles. The Bertz CT molecular complexity index is 1130. The molecule has 7 nitrogen and oxygen atoms in total. The molecule has 0 aliphatic carbocycles. The van der Waals surface area contributed by atoms with E-state index in [-0.39, 0.29) is 16.9 Å². The van der Waals surface area contributed by atoms with E-state index in [1.165, 1.54) is 11.1 Å². The number of esters is 1. The van der Waals surface area contributed by atoms with E-state index in [4.69, 9.17) is 4.74 Å². The second-order valence-electron chi connectivity index (χ2n) is 7.04. The minimum absolute atomic E-state index is 0.255. The lowest BCUT2D eigenvalue weighted by molar-refractivity contribution is -0.144. The maximum atomic E-state index is 13.1. The SMILES string of the molecule is COC(=O)C1CN(Cc2cccc3c2ccn3S(=O)(=O)c2ccccc2)CCN1. The largest absolute Gasteiger partial charge is 0.468 e. The predicted molar refractivity (Wildman–Crippen MR) is 110 cm³/mol. The van der Waals surface area contributed by atoms with Gasteiger partial charge in [0.2, 0.25) is 0 Å². The van der Waals surface area contributed by atoms with Crippen molar-refractivity contribution in [3.05, 3.63) is 66.4 Å². The zero-order chi connectivity index (χ0) is 20.4. The average Bonchev–Trinajstić information content (AvgIpc) is 3.20. The smallest absolute Gasteiger partial charge is 0.324 e. The Labute approximate surface area is 169 Å². The van der Waals surface area contributed by atoms with Crippen molar-refractivity contribution in [1.29, 1.82) is 0 Å². The van der Waals surface area contributed by atoms with Gasteiger partial charge in [0.1, 0.15) is 6.04 Å². The number of nitrogens with one attached hydrogen (secondary N) is 1. The van der Waals surface area contributed by atoms with Crippen molar-refractivity contribution in [3.63, 3.8) is 0 Å². The standard InChI is InChI=1S/C21H23N3O4S/c1-28-21(25)19-15-23(13-11-22-19)14-16-6-5-9-20-18(16)10-12-24(20)29(26,27)17-7-3-2-4-8-17/h2-10,12,19,22H,11,13-15H2,1H3. The molecular weight excluding hydrogens is 390 g/mol. The summed E-state index contributed by atoms with van der Waals surface area (Å²) >= 11 is 0. The summed E-state index contributed by atoms with van der Waals surface area (Å²) in [7, 11) is -2.28. The summed E-state index contributed by atoms with van der Waals surface area (Å²) in [4.78, 5) is 14.3. The van der Waals surface area contributed by atoms with Crippen molar-refractivity contribution in [1.82, 2.24) is 14.2 Å². The number of aromatic nitrogens is 1. The first-order chi connectivity index (χ1) is 14.0. The lowest BCUT2D eigenvalue weighted by Crippen LogP contribution is -2.54. The average molecular weight is 413 g/mol. The molecule has 4 rings (SSSR count). The molecule has 2 heterocycles. The first-order valence-electron chi connectivity index (χ1n) is 9.44. The zero-order valence-corrected chi connectivity index (χ0v) is 16.9. The van der Waals surface area contributed by atoms with Crippen LogP contribution in [-0.4, -0.2) is 56.0 Å². The highest BCUT2D eigenvalue weighted by Crippen LogP contribution is 2.26. The second kappa shape index (κ2) is 7.98. The van der Waals surface area contributed by atoms with Crippen LogP contribution in [0.4, 0.5) is 0 Å². The van der Waals surface area contributed by atoms with E-state index in [1.807, 2.05) is 24.3 Å². The number of methoxy groups -OCH3 is 1. The molecule has 1 atom stereocenters. The first kappa shape index (κ1) is 19.6. The minimum Gasteiger partial charge on any atom is -0.468 e. The molecule has 1 aliphatic rings. The molecule has 152 valence electrons. The maximum Gasteiger partial charge on any atom is 0.324 e. The fraction of sp³-hybridized carbons (Fsp3) is 0.286. The monoisotopic (exact) mass is 413 g/mol. The van der Waals surface area contributed by atoms with Gasteiger partial charge in [0.15, 0.2) is 0 Å². The van der Waals surface area contributed by atoms with Gasteiger partial charge in [-0.15, -0.1) is 0 Å². The maximum absolute atomic E-state index is 13.1. The van der Waals surface area contributed by atoms with Gasteiger partial charge in [0, 0.05) is 37.8 Å². The molecule has 0 radical (unpaired) electrons. The lowest BCUT2D eigenvalue weighted by Gasteiger charge is -2.32. The number of hydrogen-bond acceptors (Lipinski definition) is 6. The van der Waals surface area contributed by atoms with E-state index >= 15 is 0 Å². The van der Waals surface area contributed by atoms with E-state index in [0.29, 0.717) is 25.2 Å². The van der Waals surface area contributed by atoms with Crippen LogP contribution in [0.3, 0.4) is 0 Å². The Morgan fingerprint density at radius 1 is 1.14 bits per heavy atom. The van der Waals surface area contributed by atoms with Gasteiger partial charge in [-0.25, -0.2) is 12.4 Å². The van der Waals surface area contributed by atoms with Crippen LogP contribution in [0.2, 0.25) is 0 Å². The lowest BCUT2D eigenvalue weighted by atomic mass is 10.1. The van der Waals surface area contributed by atoms with Crippen LogP contribution in [-0.2, 0) is 26.1 Å². The highest BCUT2D eigenvalue weighted by Gasteiger charge is 2.26. The molecule has 2 aromatic carbocycles. The molecule has 0 spiro atoms. The molecule has 0 saturated carbocycles. The van der Waals surface area contributed by atoms with E-state index in [2.05, 4.69) is 10.2 Å². The third kappa shape index (κ3) is 3.78. The van der Waals surface area contributed by atoms with E-state index in [1.54, 1.807) is 36.5 Å². The summed E-state index contributed by atoms with van der Waals surface area (Å²) in [5.74, 6) is -0.270. The summed E-state index contributed by atoms with van der Waals surface area (Å²) in [5.41, 5.74) is 1.67. The summed E-state index contributed by atoms with van der Waals surface area (Å²) in [6.07, 6.45) is 1.60. The Kier molecular flexibility index (Phi) is 5.40. The number of ether oxygens (including phenoxy) is 1. The van der Waals surface area contributed by atoms with E-state index in [0.717, 1.165) is 17.5 Å². The molecule has 29 heavy (non-hydrogen) atoms. The molecule has 8 heteroatoms. The number of carbonyl (C=O) groups is 1. The molecule has 0 bridgehead atoms. The highest BCUT2D eigenvalue weighted by molar-refractivity contribution is 7.90. The van der Waals surface area contributed by atoms with E-state index < -0.39 is 10.0 Å². The van der Waals surface area contributed by atoms with Gasteiger partial charge in [0.25, 0.3) is 10.0 Å². The summed E-state index contributed by atoms with van der Waals surface area (Å²) in [6.45, 7) is 2.67. The zero-order valence-electron chi connectivity index (χ0n) is 16.1. The van der Waals surface area contributed by atoms with Gasteiger partial charge in [-0.05, 0) is 29.8 Å². The third-order valence-corrected chi connectivity index (χ3v) is 6.93. The summed E-state index contributed by atoms with van der Waals surface area (Å²) < 4.78 is 32.3. The fourth-order valence-electron chi connectivity index (χ4n) is 3.76. The topological polar surface area (TPSA) is 80.6 Å². The van der Waals surface area contributed by atoms with Crippen molar-refractivity contribution in [2.45, 2.75) is 17.5 Å². The number of benzene rings is 2. The molecular formula is C21H23N3O4S. The normalized spacial score (nSPS) is 18.0. The molecule has 1 saturated heterocycles. The molecule has 1 aromatic heterocycles. The van der Waals surface area contributed by atoms with Gasteiger partial charge in [-0.3, -0.25) is 9.69 Å². The second-order valence-corrected chi connectivity index (χ2v) is 8.86. The van der Waals surface area contributed by atoms with Crippen molar-refractivity contribution in [2.24, 2.45) is 0 Å². The number of fused-ring (bicyclic) bond motifs is 1. The van der Waals surface area contributed by atoms with Crippen LogP contribution in [0.1, 0.15) is 5.56 Å². The molecule has 1 N–H and O–H groups in total. The van der Waals surface area contributed by atoms with Crippen molar-refractivity contribution in [3.8, 4) is 0 Å². The third-order valence-electron chi connectivity index (χ3n) is 5.23. The molecule has 1 unspecified atom stereocenters.